The fourth-order valence-electron chi connectivity index (χ4n) is 2.49. The molecule has 0 fully saturated rings. The van der Waals surface area contributed by atoms with Crippen LogP contribution in [0.25, 0.3) is 22.5 Å². The van der Waals surface area contributed by atoms with Crippen LogP contribution in [0.5, 0.6) is 0 Å². The van der Waals surface area contributed by atoms with Crippen LogP contribution in [0, 0.1) is 26.0 Å². The SMILES string of the molecule is CO.CO.Cc1cccc(-c2[c-]cccc2)n1.Cc1cccc(-c2[c-]cccc2)n1.[Ir]. The maximum atomic E-state index is 7.00. The quantitative estimate of drug-likeness (QED) is 0.324. The molecular formula is C26H28IrN2O2-2. The van der Waals surface area contributed by atoms with Crippen LogP contribution < -0.4 is 0 Å². The first-order valence-corrected chi connectivity index (χ1v) is 9.43. The van der Waals surface area contributed by atoms with E-state index in [2.05, 4.69) is 22.1 Å². The van der Waals surface area contributed by atoms with Gasteiger partial charge in [0.15, 0.2) is 0 Å². The van der Waals surface area contributed by atoms with Crippen molar-refractivity contribution in [2.45, 2.75) is 13.8 Å². The summed E-state index contributed by atoms with van der Waals surface area (Å²) in [5, 5.41) is 14.0. The molecule has 2 aromatic carbocycles. The van der Waals surface area contributed by atoms with E-state index in [0.717, 1.165) is 48.1 Å². The summed E-state index contributed by atoms with van der Waals surface area (Å²) >= 11 is 0. The van der Waals surface area contributed by atoms with Gasteiger partial charge in [-0.1, -0.05) is 24.3 Å². The van der Waals surface area contributed by atoms with Gasteiger partial charge in [0.25, 0.3) is 0 Å². The Morgan fingerprint density at radius 1 is 0.548 bits per heavy atom. The zero-order valence-corrected chi connectivity index (χ0v) is 20.6. The zero-order valence-electron chi connectivity index (χ0n) is 18.2. The molecule has 0 amide bonds. The van der Waals surface area contributed by atoms with Crippen molar-refractivity contribution in [3.8, 4) is 22.5 Å². The van der Waals surface area contributed by atoms with Crippen molar-refractivity contribution < 1.29 is 30.3 Å². The van der Waals surface area contributed by atoms with E-state index in [-0.39, 0.29) is 20.1 Å². The second-order valence-electron chi connectivity index (χ2n) is 5.88. The van der Waals surface area contributed by atoms with Gasteiger partial charge in [0.1, 0.15) is 0 Å². The maximum absolute atomic E-state index is 7.00. The summed E-state index contributed by atoms with van der Waals surface area (Å²) in [6, 6.07) is 34.0. The molecule has 0 saturated carbocycles. The van der Waals surface area contributed by atoms with Gasteiger partial charge in [-0.3, -0.25) is 0 Å². The molecule has 0 atom stereocenters. The van der Waals surface area contributed by atoms with E-state index in [4.69, 9.17) is 10.2 Å². The normalized spacial score (nSPS) is 8.71. The summed E-state index contributed by atoms with van der Waals surface area (Å²) in [6.45, 7) is 3.98. The number of benzene rings is 2. The first kappa shape index (κ1) is 28.3. The predicted molar refractivity (Wildman–Crippen MR) is 123 cm³/mol. The Morgan fingerprint density at radius 3 is 1.23 bits per heavy atom. The van der Waals surface area contributed by atoms with Gasteiger partial charge in [0, 0.05) is 45.7 Å². The first-order valence-electron chi connectivity index (χ1n) is 9.43. The Balaban J connectivity index is 0.000000487. The first-order chi connectivity index (χ1) is 14.7. The van der Waals surface area contributed by atoms with Gasteiger partial charge in [-0.15, -0.1) is 71.8 Å². The molecule has 0 saturated heterocycles. The van der Waals surface area contributed by atoms with Crippen LogP contribution in [-0.2, 0) is 20.1 Å². The molecule has 1 radical (unpaired) electrons. The largest absolute Gasteiger partial charge is 0.400 e. The van der Waals surface area contributed by atoms with E-state index >= 15 is 0 Å². The summed E-state index contributed by atoms with van der Waals surface area (Å²) < 4.78 is 0. The Bertz CT molecular complexity index is 884. The number of nitrogens with zero attached hydrogens (tertiary/aromatic N) is 2. The van der Waals surface area contributed by atoms with E-state index in [1.165, 1.54) is 0 Å². The van der Waals surface area contributed by atoms with Gasteiger partial charge >= 0.3 is 0 Å². The molecule has 4 nitrogen and oxygen atoms in total. The second kappa shape index (κ2) is 17.0. The average Bonchev–Trinajstić information content (AvgIpc) is 2.83. The fraction of sp³-hybridized carbons (Fsp3) is 0.154. The molecule has 2 heterocycles. The summed E-state index contributed by atoms with van der Waals surface area (Å²) in [6.07, 6.45) is 0. The van der Waals surface area contributed by atoms with Crippen LogP contribution in [0.3, 0.4) is 0 Å². The second-order valence-corrected chi connectivity index (χ2v) is 5.88. The van der Waals surface area contributed by atoms with Gasteiger partial charge in [0.2, 0.25) is 0 Å². The molecule has 165 valence electrons. The molecule has 31 heavy (non-hydrogen) atoms. The molecule has 4 rings (SSSR count). The van der Waals surface area contributed by atoms with Crippen molar-refractivity contribution in [3.05, 3.63) is 108 Å². The van der Waals surface area contributed by atoms with E-state index < -0.39 is 0 Å². The Hall–Kier alpha value is -2.69. The number of hydrogen-bond acceptors (Lipinski definition) is 4. The molecule has 0 aliphatic rings. The molecule has 0 aliphatic heterocycles. The van der Waals surface area contributed by atoms with Crippen molar-refractivity contribution in [3.63, 3.8) is 0 Å². The fourth-order valence-corrected chi connectivity index (χ4v) is 2.49. The third kappa shape index (κ3) is 10.3. The van der Waals surface area contributed by atoms with Crippen molar-refractivity contribution in [2.75, 3.05) is 14.2 Å². The maximum Gasteiger partial charge on any atom is 0.0319 e. The molecular weight excluding hydrogens is 565 g/mol. The molecule has 0 spiro atoms. The van der Waals surface area contributed by atoms with E-state index in [1.54, 1.807) is 0 Å². The molecule has 0 bridgehead atoms. The minimum absolute atomic E-state index is 0. The van der Waals surface area contributed by atoms with Gasteiger partial charge in [0.05, 0.1) is 0 Å². The third-order valence-electron chi connectivity index (χ3n) is 3.75. The Kier molecular flexibility index (Phi) is 15.6. The number of aromatic nitrogens is 2. The van der Waals surface area contributed by atoms with Crippen LogP contribution in [0.15, 0.2) is 84.9 Å². The van der Waals surface area contributed by atoms with Crippen LogP contribution in [0.1, 0.15) is 11.4 Å². The van der Waals surface area contributed by atoms with E-state index in [1.807, 2.05) is 98.8 Å². The minimum Gasteiger partial charge on any atom is -0.400 e. The monoisotopic (exact) mass is 593 g/mol. The number of hydrogen-bond donors (Lipinski definition) is 2. The van der Waals surface area contributed by atoms with Crippen LogP contribution in [0.2, 0.25) is 0 Å². The summed E-state index contributed by atoms with van der Waals surface area (Å²) in [4.78, 5) is 8.82. The Labute approximate surface area is 199 Å². The van der Waals surface area contributed by atoms with Crippen LogP contribution >= 0.6 is 0 Å². The Morgan fingerprint density at radius 2 is 0.935 bits per heavy atom. The van der Waals surface area contributed by atoms with Gasteiger partial charge < -0.3 is 20.2 Å². The zero-order chi connectivity index (χ0) is 22.2. The van der Waals surface area contributed by atoms with Crippen LogP contribution in [-0.4, -0.2) is 34.4 Å². The number of aliphatic hydroxyl groups excluding tert-OH is 2. The van der Waals surface area contributed by atoms with E-state index in [9.17, 15) is 0 Å². The number of pyridine rings is 2. The van der Waals surface area contributed by atoms with Crippen molar-refractivity contribution in [2.24, 2.45) is 0 Å². The van der Waals surface area contributed by atoms with Crippen LogP contribution in [0.4, 0.5) is 0 Å². The molecule has 0 unspecified atom stereocenters. The topological polar surface area (TPSA) is 66.2 Å². The third-order valence-corrected chi connectivity index (χ3v) is 3.75. The standard InChI is InChI=1S/2C12H10N.2CH4O.Ir/c2*1-10-6-5-9-12(13-10)11-7-3-2-4-8-11;2*1-2;/h2*2-7,9H,1H3;2*2H,1H3;/q2*-1;;;. The van der Waals surface area contributed by atoms with Crippen molar-refractivity contribution in [1.82, 2.24) is 9.97 Å². The molecule has 2 aromatic heterocycles. The summed E-state index contributed by atoms with van der Waals surface area (Å²) in [7, 11) is 2.00. The van der Waals surface area contributed by atoms with Crippen molar-refractivity contribution in [1.29, 1.82) is 0 Å². The molecule has 5 heteroatoms. The summed E-state index contributed by atoms with van der Waals surface area (Å²) in [5.74, 6) is 0. The van der Waals surface area contributed by atoms with Gasteiger partial charge in [-0.2, -0.15) is 0 Å². The number of aryl methyl sites for hydroxylation is 2. The number of aliphatic hydroxyl groups is 2. The van der Waals surface area contributed by atoms with Gasteiger partial charge in [-0.25, -0.2) is 0 Å². The average molecular weight is 593 g/mol. The van der Waals surface area contributed by atoms with Crippen molar-refractivity contribution >= 4 is 0 Å². The molecule has 2 N–H and O–H groups in total. The number of rotatable bonds is 2. The predicted octanol–water partition coefficient (Wildman–Crippen LogP) is 4.93. The van der Waals surface area contributed by atoms with E-state index in [0.29, 0.717) is 0 Å². The summed E-state index contributed by atoms with van der Waals surface area (Å²) in [5.41, 5.74) is 6.14. The smallest absolute Gasteiger partial charge is 0.0319 e. The molecule has 0 aliphatic carbocycles. The molecule has 4 aromatic rings. The minimum atomic E-state index is 0. The van der Waals surface area contributed by atoms with Gasteiger partial charge in [-0.05, 0) is 37.4 Å².